The molecule has 1 aliphatic heterocycles. The van der Waals surface area contributed by atoms with Crippen LogP contribution >= 0.6 is 0 Å². The van der Waals surface area contributed by atoms with Crippen LogP contribution in [0.5, 0.6) is 0 Å². The summed E-state index contributed by atoms with van der Waals surface area (Å²) in [4.78, 5) is 0. The van der Waals surface area contributed by atoms with Gasteiger partial charge < -0.3 is 5.32 Å². The van der Waals surface area contributed by atoms with E-state index in [0.29, 0.717) is 12.0 Å². The first-order valence-corrected chi connectivity index (χ1v) is 6.10. The van der Waals surface area contributed by atoms with Gasteiger partial charge in [0.15, 0.2) is 0 Å². The monoisotopic (exact) mass is 203 g/mol. The number of benzene rings is 1. The van der Waals surface area contributed by atoms with Gasteiger partial charge in [0.25, 0.3) is 0 Å². The molecule has 1 N–H and O–H groups in total. The molecule has 1 aromatic carbocycles. The molecule has 15 heavy (non-hydrogen) atoms. The van der Waals surface area contributed by atoms with Crippen molar-refractivity contribution in [2.45, 2.75) is 52.0 Å². The Labute approximate surface area is 92.9 Å². The lowest BCUT2D eigenvalue weighted by Crippen LogP contribution is -2.24. The number of rotatable bonds is 2. The van der Waals surface area contributed by atoms with E-state index in [-0.39, 0.29) is 0 Å². The Bertz CT molecular complexity index is 341. The molecule has 1 nitrogen and oxygen atoms in total. The predicted molar refractivity (Wildman–Crippen MR) is 66.6 cm³/mol. The fraction of sp³-hybridized carbons (Fsp3) is 0.571. The fourth-order valence-electron chi connectivity index (χ4n) is 2.25. The van der Waals surface area contributed by atoms with Crippen molar-refractivity contribution in [2.24, 2.45) is 0 Å². The van der Waals surface area contributed by atoms with E-state index in [4.69, 9.17) is 0 Å². The van der Waals surface area contributed by atoms with Crippen LogP contribution in [-0.4, -0.2) is 6.04 Å². The number of nitrogens with one attached hydrogen (secondary N) is 1. The van der Waals surface area contributed by atoms with Gasteiger partial charge in [-0.1, -0.05) is 32.9 Å². The summed E-state index contributed by atoms with van der Waals surface area (Å²) in [7, 11) is 0. The normalized spacial score (nSPS) is 19.9. The van der Waals surface area contributed by atoms with Crippen molar-refractivity contribution in [2.75, 3.05) is 5.32 Å². The summed E-state index contributed by atoms with van der Waals surface area (Å²) in [6.07, 6.45) is 3.75. The highest BCUT2D eigenvalue weighted by atomic mass is 14.9. The van der Waals surface area contributed by atoms with E-state index in [2.05, 4.69) is 44.3 Å². The molecule has 0 fully saturated rings. The van der Waals surface area contributed by atoms with Crippen molar-refractivity contribution in [3.63, 3.8) is 0 Å². The largest absolute Gasteiger partial charge is 0.382 e. The molecule has 0 spiro atoms. The zero-order valence-corrected chi connectivity index (χ0v) is 10.0. The predicted octanol–water partition coefficient (Wildman–Crippen LogP) is 3.95. The molecule has 0 saturated heterocycles. The van der Waals surface area contributed by atoms with Crippen molar-refractivity contribution in [3.8, 4) is 0 Å². The first-order chi connectivity index (χ1) is 7.20. The molecule has 0 unspecified atom stereocenters. The van der Waals surface area contributed by atoms with Crippen molar-refractivity contribution in [1.82, 2.24) is 0 Å². The van der Waals surface area contributed by atoms with Crippen LogP contribution in [0.2, 0.25) is 0 Å². The third-order valence-corrected chi connectivity index (χ3v) is 3.41. The van der Waals surface area contributed by atoms with Crippen LogP contribution in [0.3, 0.4) is 0 Å². The highest BCUT2D eigenvalue weighted by Gasteiger charge is 2.16. The standard InChI is InChI=1S/C14H21N/c1-4-13-7-5-12-9-11(10(2)3)6-8-14(12)15-13/h6,8-10,13,15H,4-5,7H2,1-3H3/t13-/m1/s1. The average Bonchev–Trinajstić information content (AvgIpc) is 2.27. The van der Waals surface area contributed by atoms with E-state index in [9.17, 15) is 0 Å². The molecule has 1 heterocycles. The lowest BCUT2D eigenvalue weighted by Gasteiger charge is -2.27. The van der Waals surface area contributed by atoms with Gasteiger partial charge >= 0.3 is 0 Å². The quantitative estimate of drug-likeness (QED) is 0.767. The molecule has 1 atom stereocenters. The van der Waals surface area contributed by atoms with Gasteiger partial charge in [0.1, 0.15) is 0 Å². The third kappa shape index (κ3) is 2.17. The molecule has 0 aromatic heterocycles. The van der Waals surface area contributed by atoms with E-state index in [0.717, 1.165) is 0 Å². The lowest BCUT2D eigenvalue weighted by molar-refractivity contribution is 0.613. The lowest BCUT2D eigenvalue weighted by atomic mass is 9.92. The topological polar surface area (TPSA) is 12.0 Å². The van der Waals surface area contributed by atoms with Gasteiger partial charge in [-0.2, -0.15) is 0 Å². The van der Waals surface area contributed by atoms with Crippen molar-refractivity contribution in [1.29, 1.82) is 0 Å². The molecule has 1 heteroatoms. The molecule has 0 radical (unpaired) electrons. The third-order valence-electron chi connectivity index (χ3n) is 3.41. The number of anilines is 1. The van der Waals surface area contributed by atoms with Gasteiger partial charge in [-0.15, -0.1) is 0 Å². The summed E-state index contributed by atoms with van der Waals surface area (Å²) in [5.74, 6) is 0.638. The van der Waals surface area contributed by atoms with Gasteiger partial charge in [0, 0.05) is 11.7 Å². The van der Waals surface area contributed by atoms with E-state index >= 15 is 0 Å². The van der Waals surface area contributed by atoms with E-state index in [1.165, 1.54) is 36.1 Å². The molecular weight excluding hydrogens is 182 g/mol. The fourth-order valence-corrected chi connectivity index (χ4v) is 2.25. The highest BCUT2D eigenvalue weighted by molar-refractivity contribution is 5.55. The summed E-state index contributed by atoms with van der Waals surface area (Å²) >= 11 is 0. The van der Waals surface area contributed by atoms with Gasteiger partial charge in [0.05, 0.1) is 0 Å². The maximum absolute atomic E-state index is 3.61. The highest BCUT2D eigenvalue weighted by Crippen LogP contribution is 2.28. The Hall–Kier alpha value is -0.980. The summed E-state index contributed by atoms with van der Waals surface area (Å²) in [6.45, 7) is 6.77. The van der Waals surface area contributed by atoms with Crippen LogP contribution in [0.4, 0.5) is 5.69 Å². The Morgan fingerprint density at radius 1 is 1.40 bits per heavy atom. The molecule has 0 aliphatic carbocycles. The van der Waals surface area contributed by atoms with Crippen molar-refractivity contribution in [3.05, 3.63) is 29.3 Å². The molecule has 82 valence electrons. The summed E-state index contributed by atoms with van der Waals surface area (Å²) in [5, 5.41) is 3.61. The van der Waals surface area contributed by atoms with Gasteiger partial charge in [0.2, 0.25) is 0 Å². The Morgan fingerprint density at radius 2 is 2.20 bits per heavy atom. The number of aryl methyl sites for hydroxylation is 1. The number of fused-ring (bicyclic) bond motifs is 1. The summed E-state index contributed by atoms with van der Waals surface area (Å²) in [5.41, 5.74) is 4.33. The molecular formula is C14H21N. The first-order valence-electron chi connectivity index (χ1n) is 6.10. The maximum Gasteiger partial charge on any atom is 0.0375 e. The average molecular weight is 203 g/mol. The first kappa shape index (κ1) is 10.5. The smallest absolute Gasteiger partial charge is 0.0375 e. The SMILES string of the molecule is CC[C@@H]1CCc2cc(C(C)C)ccc2N1. The molecule has 2 rings (SSSR count). The molecule has 0 saturated carbocycles. The number of hydrogen-bond donors (Lipinski definition) is 1. The minimum Gasteiger partial charge on any atom is -0.382 e. The zero-order valence-electron chi connectivity index (χ0n) is 10.0. The molecule has 0 amide bonds. The van der Waals surface area contributed by atoms with Crippen LogP contribution < -0.4 is 5.32 Å². The van der Waals surface area contributed by atoms with Crippen LogP contribution in [0.25, 0.3) is 0 Å². The second-order valence-corrected chi connectivity index (χ2v) is 4.86. The van der Waals surface area contributed by atoms with Crippen LogP contribution in [0, 0.1) is 0 Å². The molecule has 1 aliphatic rings. The maximum atomic E-state index is 3.61. The Balaban J connectivity index is 2.24. The van der Waals surface area contributed by atoms with Gasteiger partial charge in [-0.25, -0.2) is 0 Å². The van der Waals surface area contributed by atoms with Gasteiger partial charge in [-0.3, -0.25) is 0 Å². The van der Waals surface area contributed by atoms with E-state index < -0.39 is 0 Å². The second kappa shape index (κ2) is 4.26. The summed E-state index contributed by atoms with van der Waals surface area (Å²) in [6, 6.07) is 7.57. The van der Waals surface area contributed by atoms with Crippen molar-refractivity contribution >= 4 is 5.69 Å². The van der Waals surface area contributed by atoms with Crippen LogP contribution in [0.15, 0.2) is 18.2 Å². The van der Waals surface area contributed by atoms with E-state index in [1.54, 1.807) is 0 Å². The Morgan fingerprint density at radius 3 is 2.87 bits per heavy atom. The molecule has 0 bridgehead atoms. The zero-order chi connectivity index (χ0) is 10.8. The van der Waals surface area contributed by atoms with Crippen molar-refractivity contribution < 1.29 is 0 Å². The molecule has 1 aromatic rings. The van der Waals surface area contributed by atoms with Crippen LogP contribution in [0.1, 0.15) is 50.7 Å². The van der Waals surface area contributed by atoms with E-state index in [1.807, 2.05) is 0 Å². The van der Waals surface area contributed by atoms with Gasteiger partial charge in [-0.05, 0) is 42.4 Å². The summed E-state index contributed by atoms with van der Waals surface area (Å²) < 4.78 is 0. The second-order valence-electron chi connectivity index (χ2n) is 4.86. The number of hydrogen-bond acceptors (Lipinski definition) is 1. The minimum atomic E-state index is 0.638. The van der Waals surface area contributed by atoms with Crippen LogP contribution in [-0.2, 0) is 6.42 Å². The Kier molecular flexibility index (Phi) is 2.99. The minimum absolute atomic E-state index is 0.638.